The summed E-state index contributed by atoms with van der Waals surface area (Å²) < 4.78 is 0. The topological polar surface area (TPSA) is 0 Å². The molecule has 3 rings (SSSR count). The zero-order chi connectivity index (χ0) is 18.2. The van der Waals surface area contributed by atoms with Gasteiger partial charge in [0.25, 0.3) is 0 Å². The summed E-state index contributed by atoms with van der Waals surface area (Å²) in [5.74, 6) is 0. The van der Waals surface area contributed by atoms with Gasteiger partial charge in [-0.05, 0) is 10.6 Å². The second-order valence-electron chi connectivity index (χ2n) is 9.20. The van der Waals surface area contributed by atoms with Gasteiger partial charge in [-0.15, -0.1) is 0 Å². The van der Waals surface area contributed by atoms with Gasteiger partial charge in [-0.1, -0.05) is 131 Å². The molecule has 0 amide bonds. The van der Waals surface area contributed by atoms with E-state index in [1.54, 1.807) is 21.9 Å². The normalized spacial score (nSPS) is 14.3. The quantitative estimate of drug-likeness (QED) is 0.728. The van der Waals surface area contributed by atoms with Crippen molar-refractivity contribution in [2.75, 3.05) is 0 Å². The van der Waals surface area contributed by atoms with Crippen molar-refractivity contribution in [2.24, 2.45) is 0 Å². The predicted octanol–water partition coefficient (Wildman–Crippen LogP) is 3.99. The maximum Gasteiger partial charge on any atom is 0.213 e. The lowest BCUT2D eigenvalue weighted by Gasteiger charge is -2.43. The Morgan fingerprint density at radius 3 is 1.32 bits per heavy atom. The molecule has 0 bridgehead atoms. The lowest BCUT2D eigenvalue weighted by atomic mass is 9.14. The van der Waals surface area contributed by atoms with E-state index in [2.05, 4.69) is 90.1 Å². The minimum absolute atomic E-state index is 0.256. The van der Waals surface area contributed by atoms with Crippen molar-refractivity contribution in [2.45, 2.75) is 71.4 Å². The van der Waals surface area contributed by atoms with Crippen LogP contribution >= 0.6 is 0 Å². The Bertz CT molecular complexity index is 698. The van der Waals surface area contributed by atoms with Crippen molar-refractivity contribution >= 4 is 35.3 Å². The second-order valence-corrected chi connectivity index (χ2v) is 9.20. The second kappa shape index (κ2) is 6.71. The summed E-state index contributed by atoms with van der Waals surface area (Å²) >= 11 is 0. The van der Waals surface area contributed by atoms with E-state index in [0.717, 1.165) is 0 Å². The van der Waals surface area contributed by atoms with E-state index >= 15 is 0 Å². The van der Waals surface area contributed by atoms with Crippen molar-refractivity contribution in [3.63, 3.8) is 0 Å². The van der Waals surface area contributed by atoms with E-state index in [9.17, 15) is 0 Å². The van der Waals surface area contributed by atoms with Crippen LogP contribution in [0.4, 0.5) is 0 Å². The van der Waals surface area contributed by atoms with Crippen LogP contribution in [0.15, 0.2) is 48.5 Å². The summed E-state index contributed by atoms with van der Waals surface area (Å²) in [6.45, 7) is 15.4. The zero-order valence-electron chi connectivity index (χ0n) is 16.9. The first-order chi connectivity index (χ1) is 11.8. The van der Waals surface area contributed by atoms with E-state index < -0.39 is 0 Å². The first-order valence-electron chi connectivity index (χ1n) is 10.0. The van der Waals surface area contributed by atoms with Gasteiger partial charge in [0.05, 0.1) is 0 Å². The summed E-state index contributed by atoms with van der Waals surface area (Å²) in [5, 5.41) is 0.522. The molecule has 1 aliphatic heterocycles. The van der Waals surface area contributed by atoms with Crippen molar-refractivity contribution < 1.29 is 0 Å². The summed E-state index contributed by atoms with van der Waals surface area (Å²) in [5.41, 5.74) is 6.24. The van der Waals surface area contributed by atoms with Gasteiger partial charge < -0.3 is 0 Å². The maximum atomic E-state index is 2.46. The average Bonchev–Trinajstić information content (AvgIpc) is 2.58. The minimum atomic E-state index is 0.256. The van der Waals surface area contributed by atoms with Crippen LogP contribution in [-0.2, 0) is 0 Å². The summed E-state index contributed by atoms with van der Waals surface area (Å²) in [6, 6.07) is 18.5. The van der Waals surface area contributed by atoms with E-state index in [1.807, 2.05) is 0 Å². The van der Waals surface area contributed by atoms with Gasteiger partial charge in [0.15, 0.2) is 0 Å². The molecule has 2 aromatic rings. The first kappa shape index (κ1) is 18.4. The molecule has 0 unspecified atom stereocenters. The van der Waals surface area contributed by atoms with E-state index in [4.69, 9.17) is 0 Å². The predicted molar refractivity (Wildman–Crippen MR) is 116 cm³/mol. The van der Waals surface area contributed by atoms with Crippen LogP contribution in [0, 0.1) is 0 Å². The fourth-order valence-electron chi connectivity index (χ4n) is 5.09. The Hall–Kier alpha value is -1.43. The van der Waals surface area contributed by atoms with Gasteiger partial charge in [-0.3, -0.25) is 0 Å². The monoisotopic (exact) mass is 330 g/mol. The molecule has 0 saturated heterocycles. The zero-order valence-corrected chi connectivity index (χ0v) is 16.9. The number of benzene rings is 2. The molecular formula is C23H32B2. The third-order valence-electron chi connectivity index (χ3n) is 6.60. The molecule has 0 radical (unpaired) electrons. The average molecular weight is 330 g/mol. The van der Waals surface area contributed by atoms with Crippen molar-refractivity contribution in [1.82, 2.24) is 0 Å². The largest absolute Gasteiger partial charge is 0.213 e. The number of fused-ring (bicyclic) bond motifs is 2. The standard InChI is InChI=1S/C23H32B2/c1-7-17-23(5,6)25-20-15-11-9-13-18(20)24(22(3,4)8-2)19-14-10-12-16-21(19)25/h9-16H,7-8,17H2,1-6H3. The Balaban J connectivity index is 2.28. The first-order valence-corrected chi connectivity index (χ1v) is 10.0. The maximum absolute atomic E-state index is 2.46. The van der Waals surface area contributed by atoms with Crippen molar-refractivity contribution in [3.05, 3.63) is 48.5 Å². The molecule has 2 heteroatoms. The fourth-order valence-corrected chi connectivity index (χ4v) is 5.09. The highest BCUT2D eigenvalue weighted by Crippen LogP contribution is 2.37. The van der Waals surface area contributed by atoms with Crippen LogP contribution < -0.4 is 21.9 Å². The molecule has 0 nitrogen and oxygen atoms in total. The van der Waals surface area contributed by atoms with Crippen LogP contribution in [0.3, 0.4) is 0 Å². The SMILES string of the molecule is CCCC(C)(C)B1c2ccccc2B(C(C)(C)CC)c2ccccc21. The molecule has 0 atom stereocenters. The highest BCUT2D eigenvalue weighted by molar-refractivity contribution is 7.04. The molecule has 0 aromatic heterocycles. The van der Waals surface area contributed by atoms with Gasteiger partial charge in [0, 0.05) is 0 Å². The lowest BCUT2D eigenvalue weighted by molar-refractivity contribution is 0.590. The summed E-state index contributed by atoms with van der Waals surface area (Å²) in [6.07, 6.45) is 3.67. The van der Waals surface area contributed by atoms with Crippen molar-refractivity contribution in [1.29, 1.82) is 0 Å². The molecule has 25 heavy (non-hydrogen) atoms. The lowest BCUT2D eigenvalue weighted by Crippen LogP contribution is -2.73. The van der Waals surface area contributed by atoms with Gasteiger partial charge in [0.2, 0.25) is 13.4 Å². The van der Waals surface area contributed by atoms with Crippen LogP contribution in [0.2, 0.25) is 10.6 Å². The van der Waals surface area contributed by atoms with E-state index in [0.29, 0.717) is 13.4 Å². The molecule has 0 N–H and O–H groups in total. The van der Waals surface area contributed by atoms with E-state index in [1.165, 1.54) is 19.3 Å². The van der Waals surface area contributed by atoms with E-state index in [-0.39, 0.29) is 10.6 Å². The highest BCUT2D eigenvalue weighted by atomic mass is 14.2. The van der Waals surface area contributed by atoms with Crippen LogP contribution in [0.25, 0.3) is 0 Å². The van der Waals surface area contributed by atoms with Gasteiger partial charge in [-0.2, -0.15) is 0 Å². The Kier molecular flexibility index (Phi) is 4.93. The summed E-state index contributed by atoms with van der Waals surface area (Å²) in [7, 11) is 0. The fraction of sp³-hybridized carbons (Fsp3) is 0.478. The number of hydrogen-bond acceptors (Lipinski definition) is 0. The molecule has 0 saturated carbocycles. The number of rotatable bonds is 5. The Morgan fingerprint density at radius 1 is 0.640 bits per heavy atom. The van der Waals surface area contributed by atoms with Crippen LogP contribution in [0.5, 0.6) is 0 Å². The smallest absolute Gasteiger partial charge is 0.0786 e. The molecule has 0 aliphatic carbocycles. The van der Waals surface area contributed by atoms with Gasteiger partial charge in [0.1, 0.15) is 0 Å². The molecule has 0 spiro atoms. The summed E-state index contributed by atoms with van der Waals surface area (Å²) in [4.78, 5) is 0. The van der Waals surface area contributed by atoms with Gasteiger partial charge >= 0.3 is 0 Å². The molecule has 1 aliphatic rings. The molecule has 2 aromatic carbocycles. The number of hydrogen-bond donors (Lipinski definition) is 0. The van der Waals surface area contributed by atoms with Crippen molar-refractivity contribution in [3.8, 4) is 0 Å². The molecule has 0 fully saturated rings. The molecular weight excluding hydrogens is 298 g/mol. The molecule has 130 valence electrons. The highest BCUT2D eigenvalue weighted by Gasteiger charge is 2.47. The third-order valence-corrected chi connectivity index (χ3v) is 6.60. The van der Waals surface area contributed by atoms with Crippen LogP contribution in [-0.4, -0.2) is 13.4 Å². The van der Waals surface area contributed by atoms with Crippen LogP contribution in [0.1, 0.15) is 60.8 Å². The minimum Gasteiger partial charge on any atom is -0.0786 e. The third kappa shape index (κ3) is 3.09. The van der Waals surface area contributed by atoms with Gasteiger partial charge in [-0.25, -0.2) is 0 Å². The Labute approximate surface area is 155 Å². The Morgan fingerprint density at radius 2 is 1.00 bits per heavy atom. The molecule has 1 heterocycles.